The van der Waals surface area contributed by atoms with Crippen molar-refractivity contribution in [2.45, 2.75) is 33.3 Å². The number of anilines is 2. The second-order valence-corrected chi connectivity index (χ2v) is 6.08. The zero-order valence-electron chi connectivity index (χ0n) is 15.2. The van der Waals surface area contributed by atoms with Crippen molar-refractivity contribution in [3.63, 3.8) is 0 Å². The highest BCUT2D eigenvalue weighted by Gasteiger charge is 2.17. The molecule has 0 aliphatic carbocycles. The van der Waals surface area contributed by atoms with Gasteiger partial charge in [0.15, 0.2) is 0 Å². The summed E-state index contributed by atoms with van der Waals surface area (Å²) in [6, 6.07) is 13.1. The van der Waals surface area contributed by atoms with Crippen LogP contribution in [0.25, 0.3) is 0 Å². The Bertz CT molecular complexity index is 777. The number of nitrogens with one attached hydrogen (secondary N) is 1. The van der Waals surface area contributed by atoms with Gasteiger partial charge in [-0.05, 0) is 38.1 Å². The zero-order chi connectivity index (χ0) is 19.1. The van der Waals surface area contributed by atoms with Gasteiger partial charge in [-0.2, -0.15) is 0 Å². The first-order valence-electron chi connectivity index (χ1n) is 8.46. The smallest absolute Gasteiger partial charge is 0.226 e. The van der Waals surface area contributed by atoms with Crippen LogP contribution in [0, 0.1) is 5.82 Å². The van der Waals surface area contributed by atoms with E-state index < -0.39 is 5.82 Å². The molecule has 0 radical (unpaired) electrons. The molecule has 2 aromatic rings. The van der Waals surface area contributed by atoms with Gasteiger partial charge in [0.25, 0.3) is 0 Å². The Kier molecular flexibility index (Phi) is 6.72. The lowest BCUT2D eigenvalue weighted by Crippen LogP contribution is -2.32. The van der Waals surface area contributed by atoms with E-state index in [9.17, 15) is 14.0 Å². The van der Waals surface area contributed by atoms with Crippen LogP contribution in [0.5, 0.6) is 5.75 Å². The van der Waals surface area contributed by atoms with Crippen molar-refractivity contribution < 1.29 is 18.7 Å². The summed E-state index contributed by atoms with van der Waals surface area (Å²) in [6.07, 6.45) is 0.00604. The van der Waals surface area contributed by atoms with Crippen molar-refractivity contribution in [3.8, 4) is 5.75 Å². The number of amides is 2. The fourth-order valence-corrected chi connectivity index (χ4v) is 2.47. The Hall–Kier alpha value is -2.89. The summed E-state index contributed by atoms with van der Waals surface area (Å²) in [5.74, 6) is -0.536. The van der Waals surface area contributed by atoms with Crippen molar-refractivity contribution >= 4 is 23.2 Å². The second-order valence-electron chi connectivity index (χ2n) is 6.08. The van der Waals surface area contributed by atoms with Crippen molar-refractivity contribution in [2.75, 3.05) is 16.8 Å². The Balaban J connectivity index is 2.04. The number of para-hydroxylation sites is 3. The maximum atomic E-state index is 13.9. The van der Waals surface area contributed by atoms with Crippen LogP contribution in [-0.4, -0.2) is 24.5 Å². The molecule has 0 spiro atoms. The Morgan fingerprint density at radius 1 is 1.12 bits per heavy atom. The molecule has 0 saturated heterocycles. The van der Waals surface area contributed by atoms with Gasteiger partial charge in [-0.25, -0.2) is 4.39 Å². The molecule has 5 nitrogen and oxygen atoms in total. The molecule has 0 saturated carbocycles. The third kappa shape index (κ3) is 5.31. The van der Waals surface area contributed by atoms with E-state index in [1.807, 2.05) is 19.9 Å². The van der Waals surface area contributed by atoms with Gasteiger partial charge in [-0.15, -0.1) is 0 Å². The minimum atomic E-state index is -0.501. The monoisotopic (exact) mass is 358 g/mol. The number of rotatable bonds is 7. The van der Waals surface area contributed by atoms with Gasteiger partial charge in [0, 0.05) is 19.9 Å². The SMILES string of the molecule is CC(=O)N(CCC(=O)Nc1ccccc1OC(C)C)c1ccccc1F. The highest BCUT2D eigenvalue weighted by atomic mass is 19.1. The predicted molar refractivity (Wildman–Crippen MR) is 99.9 cm³/mol. The molecule has 2 rings (SSSR count). The van der Waals surface area contributed by atoms with Crippen molar-refractivity contribution in [2.24, 2.45) is 0 Å². The van der Waals surface area contributed by atoms with E-state index in [0.717, 1.165) is 0 Å². The van der Waals surface area contributed by atoms with Crippen molar-refractivity contribution in [1.82, 2.24) is 0 Å². The van der Waals surface area contributed by atoms with E-state index in [1.54, 1.807) is 30.3 Å². The minimum absolute atomic E-state index is 0.0256. The summed E-state index contributed by atoms with van der Waals surface area (Å²) in [4.78, 5) is 25.4. The van der Waals surface area contributed by atoms with Crippen molar-refractivity contribution in [3.05, 3.63) is 54.3 Å². The van der Waals surface area contributed by atoms with E-state index in [0.29, 0.717) is 11.4 Å². The highest BCUT2D eigenvalue weighted by molar-refractivity contribution is 5.95. The molecule has 0 atom stereocenters. The third-order valence-corrected chi connectivity index (χ3v) is 3.61. The fourth-order valence-electron chi connectivity index (χ4n) is 2.47. The van der Waals surface area contributed by atoms with Crippen LogP contribution in [0.15, 0.2) is 48.5 Å². The Morgan fingerprint density at radius 2 is 1.77 bits per heavy atom. The Morgan fingerprint density at radius 3 is 2.42 bits per heavy atom. The summed E-state index contributed by atoms with van der Waals surface area (Å²) in [6.45, 7) is 5.22. The molecule has 0 heterocycles. The molecule has 0 bridgehead atoms. The van der Waals surface area contributed by atoms with Crippen LogP contribution in [0.1, 0.15) is 27.2 Å². The molecule has 0 aliphatic heterocycles. The fraction of sp³-hybridized carbons (Fsp3) is 0.300. The van der Waals surface area contributed by atoms with Crippen LogP contribution in [0.4, 0.5) is 15.8 Å². The van der Waals surface area contributed by atoms with Crippen molar-refractivity contribution in [1.29, 1.82) is 0 Å². The summed E-state index contributed by atoms with van der Waals surface area (Å²) >= 11 is 0. The molecule has 0 aliphatic rings. The summed E-state index contributed by atoms with van der Waals surface area (Å²) in [5, 5.41) is 2.78. The number of halogens is 1. The number of hydrogen-bond donors (Lipinski definition) is 1. The largest absolute Gasteiger partial charge is 0.489 e. The normalized spacial score (nSPS) is 10.5. The minimum Gasteiger partial charge on any atom is -0.489 e. The van der Waals surface area contributed by atoms with Gasteiger partial charge >= 0.3 is 0 Å². The molecular formula is C20H23FN2O3. The zero-order valence-corrected chi connectivity index (χ0v) is 15.2. The third-order valence-electron chi connectivity index (χ3n) is 3.61. The Labute approximate surface area is 152 Å². The average molecular weight is 358 g/mol. The molecule has 0 aromatic heterocycles. The van der Waals surface area contributed by atoms with Gasteiger partial charge in [-0.3, -0.25) is 9.59 Å². The molecular weight excluding hydrogens is 335 g/mol. The topological polar surface area (TPSA) is 58.6 Å². The molecule has 0 fully saturated rings. The quantitative estimate of drug-likeness (QED) is 0.814. The van der Waals surface area contributed by atoms with Gasteiger partial charge in [0.1, 0.15) is 11.6 Å². The van der Waals surface area contributed by atoms with E-state index in [1.165, 1.54) is 24.0 Å². The van der Waals surface area contributed by atoms with Crippen LogP contribution in [0.2, 0.25) is 0 Å². The van der Waals surface area contributed by atoms with E-state index >= 15 is 0 Å². The van der Waals surface area contributed by atoms with E-state index in [4.69, 9.17) is 4.74 Å². The first-order valence-corrected chi connectivity index (χ1v) is 8.46. The van der Waals surface area contributed by atoms with E-state index in [2.05, 4.69) is 5.32 Å². The summed E-state index contributed by atoms with van der Waals surface area (Å²) in [5.41, 5.74) is 0.725. The summed E-state index contributed by atoms with van der Waals surface area (Å²) < 4.78 is 19.6. The van der Waals surface area contributed by atoms with Crippen LogP contribution >= 0.6 is 0 Å². The number of ether oxygens (including phenoxy) is 1. The predicted octanol–water partition coefficient (Wildman–Crippen LogP) is 3.99. The lowest BCUT2D eigenvalue weighted by Gasteiger charge is -2.21. The molecule has 0 unspecified atom stereocenters. The molecule has 1 N–H and O–H groups in total. The molecule has 2 amide bonds. The van der Waals surface area contributed by atoms with Crippen LogP contribution in [-0.2, 0) is 9.59 Å². The molecule has 26 heavy (non-hydrogen) atoms. The maximum Gasteiger partial charge on any atom is 0.226 e. The molecule has 6 heteroatoms. The number of nitrogens with zero attached hydrogens (tertiary/aromatic N) is 1. The average Bonchev–Trinajstić information content (AvgIpc) is 2.57. The number of benzene rings is 2. The lowest BCUT2D eigenvalue weighted by atomic mass is 10.2. The van der Waals surface area contributed by atoms with Gasteiger partial charge in [0.05, 0.1) is 17.5 Å². The molecule has 138 valence electrons. The lowest BCUT2D eigenvalue weighted by molar-refractivity contribution is -0.117. The van der Waals surface area contributed by atoms with Crippen LogP contribution in [0.3, 0.4) is 0 Å². The maximum absolute atomic E-state index is 13.9. The number of carbonyl (C=O) groups is 2. The van der Waals surface area contributed by atoms with E-state index in [-0.39, 0.29) is 36.6 Å². The number of carbonyl (C=O) groups excluding carboxylic acids is 2. The summed E-state index contributed by atoms with van der Waals surface area (Å²) in [7, 11) is 0. The van der Waals surface area contributed by atoms with Gasteiger partial charge in [-0.1, -0.05) is 24.3 Å². The van der Waals surface area contributed by atoms with Gasteiger partial charge < -0.3 is 15.0 Å². The first kappa shape index (κ1) is 19.4. The van der Waals surface area contributed by atoms with Crippen LogP contribution < -0.4 is 15.0 Å². The first-order chi connectivity index (χ1) is 12.4. The second kappa shape index (κ2) is 8.99. The standard InChI is InChI=1S/C20H23FN2O3/c1-14(2)26-19-11-7-5-9-17(19)22-20(25)12-13-23(15(3)24)18-10-6-4-8-16(18)21/h4-11,14H,12-13H2,1-3H3,(H,22,25). The highest BCUT2D eigenvalue weighted by Crippen LogP contribution is 2.25. The number of hydrogen-bond acceptors (Lipinski definition) is 3. The van der Waals surface area contributed by atoms with Gasteiger partial charge in [0.2, 0.25) is 11.8 Å². The molecule has 2 aromatic carbocycles.